The Morgan fingerprint density at radius 2 is 2.00 bits per heavy atom. The molecule has 0 aromatic heterocycles. The average molecular weight is 268 g/mol. The largest absolute Gasteiger partial charge is 0.444 e. The number of ether oxygens (including phenoxy) is 1. The summed E-state index contributed by atoms with van der Waals surface area (Å²) in [5.74, 6) is -0.641. The molecule has 0 unspecified atom stereocenters. The van der Waals surface area contributed by atoms with E-state index in [4.69, 9.17) is 4.74 Å². The molecule has 1 saturated heterocycles. The quantitative estimate of drug-likeness (QED) is 0.806. The first kappa shape index (κ1) is 15.1. The highest BCUT2D eigenvalue weighted by molar-refractivity contribution is 5.68. The maximum atomic E-state index is 12.9. The molecule has 0 bridgehead atoms. The van der Waals surface area contributed by atoms with Gasteiger partial charge in [0.05, 0.1) is 0 Å². The number of nitrogens with one attached hydrogen (secondary N) is 2. The van der Waals surface area contributed by atoms with Crippen LogP contribution in [0.15, 0.2) is 0 Å². The highest BCUT2D eigenvalue weighted by Gasteiger charge is 2.46. The molecular weight excluding hydrogens is 249 g/mol. The number of alkyl carbamates (subject to hydrolysis) is 1. The second-order valence-electron chi connectivity index (χ2n) is 5.42. The summed E-state index contributed by atoms with van der Waals surface area (Å²) in [4.78, 5) is 11.4. The lowest BCUT2D eigenvalue weighted by Gasteiger charge is -2.28. The fraction of sp³-hybridized carbons (Fsp3) is 0.909. The van der Waals surface area contributed by atoms with Gasteiger partial charge in [-0.15, -0.1) is 0 Å². The summed E-state index contributed by atoms with van der Waals surface area (Å²) in [6, 6.07) is -1.86. The molecule has 0 aliphatic carbocycles. The van der Waals surface area contributed by atoms with Gasteiger partial charge in [-0.2, -0.15) is 13.2 Å². The molecule has 1 fully saturated rings. The van der Waals surface area contributed by atoms with Crippen molar-refractivity contribution in [1.82, 2.24) is 10.6 Å². The molecule has 106 valence electrons. The second kappa shape index (κ2) is 5.34. The molecule has 2 N–H and O–H groups in total. The van der Waals surface area contributed by atoms with Crippen molar-refractivity contribution in [3.8, 4) is 0 Å². The van der Waals surface area contributed by atoms with Gasteiger partial charge in [0.25, 0.3) is 0 Å². The molecular formula is C11H19F3N2O2. The minimum absolute atomic E-state index is 0.250. The van der Waals surface area contributed by atoms with Crippen LogP contribution in [0, 0.1) is 5.92 Å². The van der Waals surface area contributed by atoms with Crippen molar-refractivity contribution in [3.63, 3.8) is 0 Å². The Morgan fingerprint density at radius 1 is 1.39 bits per heavy atom. The number of alkyl halides is 3. The summed E-state index contributed by atoms with van der Waals surface area (Å²) in [6.07, 6.45) is -5.11. The van der Waals surface area contributed by atoms with Gasteiger partial charge in [0.1, 0.15) is 11.6 Å². The summed E-state index contributed by atoms with van der Waals surface area (Å²) in [5, 5.41) is 4.78. The zero-order valence-corrected chi connectivity index (χ0v) is 10.7. The summed E-state index contributed by atoms with van der Waals surface area (Å²) >= 11 is 0. The van der Waals surface area contributed by atoms with Gasteiger partial charge in [-0.1, -0.05) is 0 Å². The van der Waals surface area contributed by atoms with Crippen LogP contribution in [-0.4, -0.2) is 37.0 Å². The van der Waals surface area contributed by atoms with E-state index < -0.39 is 29.8 Å². The van der Waals surface area contributed by atoms with Crippen LogP contribution >= 0.6 is 0 Å². The molecule has 0 aromatic carbocycles. The third-order valence-corrected chi connectivity index (χ3v) is 2.59. The number of hydrogen-bond donors (Lipinski definition) is 2. The first-order valence-electron chi connectivity index (χ1n) is 5.86. The first-order valence-corrected chi connectivity index (χ1v) is 5.86. The minimum atomic E-state index is -4.46. The van der Waals surface area contributed by atoms with Crippen LogP contribution in [0.1, 0.15) is 27.2 Å². The number of carbonyl (C=O) groups excluding carboxylic acids is 1. The minimum Gasteiger partial charge on any atom is -0.444 e. The average Bonchev–Trinajstić information content (AvgIpc) is 2.61. The van der Waals surface area contributed by atoms with Gasteiger partial charge in [0.2, 0.25) is 0 Å². The molecule has 7 heteroatoms. The van der Waals surface area contributed by atoms with E-state index in [-0.39, 0.29) is 6.54 Å². The summed E-state index contributed by atoms with van der Waals surface area (Å²) in [5.41, 5.74) is -0.811. The molecule has 1 rings (SSSR count). The lowest BCUT2D eigenvalue weighted by Crippen LogP contribution is -2.51. The molecule has 0 radical (unpaired) electrons. The standard InChI is InChI=1S/C11H19F3N2O2/c1-10(2,3)18-9(17)16-8(11(12,13)14)7-4-5-15-6-7/h7-8,15H,4-6H2,1-3H3,(H,16,17)/t7-,8-/m0/s1. The van der Waals surface area contributed by atoms with Gasteiger partial charge >= 0.3 is 12.3 Å². The topological polar surface area (TPSA) is 50.4 Å². The summed E-state index contributed by atoms with van der Waals surface area (Å²) in [7, 11) is 0. The molecule has 18 heavy (non-hydrogen) atoms. The van der Waals surface area contributed by atoms with Crippen LogP contribution in [0.3, 0.4) is 0 Å². The number of hydrogen-bond acceptors (Lipinski definition) is 3. The predicted molar refractivity (Wildman–Crippen MR) is 60.2 cm³/mol. The molecule has 1 heterocycles. The van der Waals surface area contributed by atoms with Crippen molar-refractivity contribution >= 4 is 6.09 Å². The van der Waals surface area contributed by atoms with Crippen LogP contribution < -0.4 is 10.6 Å². The van der Waals surface area contributed by atoms with Gasteiger partial charge in [-0.05, 0) is 33.7 Å². The smallest absolute Gasteiger partial charge is 0.409 e. The first-order chi connectivity index (χ1) is 8.09. The van der Waals surface area contributed by atoms with Crippen molar-refractivity contribution in [1.29, 1.82) is 0 Å². The Bertz CT molecular complexity index is 294. The van der Waals surface area contributed by atoms with Crippen molar-refractivity contribution in [3.05, 3.63) is 0 Å². The second-order valence-corrected chi connectivity index (χ2v) is 5.42. The lowest BCUT2D eigenvalue weighted by atomic mass is 9.98. The Hall–Kier alpha value is -0.980. The molecule has 0 saturated carbocycles. The molecule has 0 aromatic rings. The van der Waals surface area contributed by atoms with Gasteiger partial charge in [-0.25, -0.2) is 4.79 Å². The number of carbonyl (C=O) groups is 1. The molecule has 1 aliphatic heterocycles. The summed E-state index contributed by atoms with van der Waals surface area (Å²) in [6.45, 7) is 5.60. The molecule has 2 atom stereocenters. The van der Waals surface area contributed by atoms with Crippen molar-refractivity contribution in [2.45, 2.75) is 45.0 Å². The number of amides is 1. The maximum Gasteiger partial charge on any atom is 0.409 e. The zero-order chi connectivity index (χ0) is 14.0. The maximum absolute atomic E-state index is 12.9. The van der Waals surface area contributed by atoms with Crippen LogP contribution in [0.25, 0.3) is 0 Å². The monoisotopic (exact) mass is 268 g/mol. The van der Waals surface area contributed by atoms with E-state index in [0.29, 0.717) is 13.0 Å². The van der Waals surface area contributed by atoms with E-state index in [1.807, 2.05) is 5.32 Å². The van der Waals surface area contributed by atoms with Crippen LogP contribution in [-0.2, 0) is 4.74 Å². The third kappa shape index (κ3) is 4.72. The third-order valence-electron chi connectivity index (χ3n) is 2.59. The molecule has 1 aliphatic rings. The lowest BCUT2D eigenvalue weighted by molar-refractivity contribution is -0.165. The predicted octanol–water partition coefficient (Wildman–Crippen LogP) is 2.05. The van der Waals surface area contributed by atoms with Crippen LogP contribution in [0.4, 0.5) is 18.0 Å². The van der Waals surface area contributed by atoms with Crippen molar-refractivity contribution in [2.75, 3.05) is 13.1 Å². The fourth-order valence-corrected chi connectivity index (χ4v) is 1.86. The van der Waals surface area contributed by atoms with E-state index >= 15 is 0 Å². The zero-order valence-electron chi connectivity index (χ0n) is 10.7. The Labute approximate surface area is 104 Å². The van der Waals surface area contributed by atoms with Gasteiger partial charge in [0, 0.05) is 12.5 Å². The van der Waals surface area contributed by atoms with Crippen molar-refractivity contribution < 1.29 is 22.7 Å². The number of halogens is 3. The van der Waals surface area contributed by atoms with Crippen molar-refractivity contribution in [2.24, 2.45) is 5.92 Å². The van der Waals surface area contributed by atoms with E-state index in [1.165, 1.54) is 0 Å². The molecule has 4 nitrogen and oxygen atoms in total. The highest BCUT2D eigenvalue weighted by Crippen LogP contribution is 2.29. The SMILES string of the molecule is CC(C)(C)OC(=O)N[C@@H]([C@H]1CCNC1)C(F)(F)F. The van der Waals surface area contributed by atoms with Gasteiger partial charge in [-0.3, -0.25) is 0 Å². The van der Waals surface area contributed by atoms with Crippen LogP contribution in [0.2, 0.25) is 0 Å². The Morgan fingerprint density at radius 3 is 2.39 bits per heavy atom. The summed E-state index contributed by atoms with van der Waals surface area (Å²) < 4.78 is 43.5. The number of rotatable bonds is 2. The van der Waals surface area contributed by atoms with E-state index in [1.54, 1.807) is 20.8 Å². The Balaban J connectivity index is 2.64. The van der Waals surface area contributed by atoms with Gasteiger partial charge < -0.3 is 15.4 Å². The van der Waals surface area contributed by atoms with Crippen LogP contribution in [0.5, 0.6) is 0 Å². The molecule has 0 spiro atoms. The normalized spacial score (nSPS) is 22.7. The highest BCUT2D eigenvalue weighted by atomic mass is 19.4. The fourth-order valence-electron chi connectivity index (χ4n) is 1.86. The Kier molecular flexibility index (Phi) is 4.47. The van der Waals surface area contributed by atoms with Gasteiger partial charge in [0.15, 0.2) is 0 Å². The van der Waals surface area contributed by atoms with E-state index in [2.05, 4.69) is 5.32 Å². The van der Waals surface area contributed by atoms with E-state index in [9.17, 15) is 18.0 Å². The molecule has 1 amide bonds. The van der Waals surface area contributed by atoms with E-state index in [0.717, 1.165) is 0 Å².